The van der Waals surface area contributed by atoms with Gasteiger partial charge in [-0.2, -0.15) is 0 Å². The lowest BCUT2D eigenvalue weighted by molar-refractivity contribution is -0.124. The molecule has 1 aromatic carbocycles. The van der Waals surface area contributed by atoms with Crippen LogP contribution in [0.2, 0.25) is 0 Å². The number of amides is 1. The summed E-state index contributed by atoms with van der Waals surface area (Å²) in [7, 11) is 4.61. The van der Waals surface area contributed by atoms with E-state index in [2.05, 4.69) is 5.32 Å². The molecule has 0 spiro atoms. The van der Waals surface area contributed by atoms with E-state index in [0.29, 0.717) is 22.8 Å². The summed E-state index contributed by atoms with van der Waals surface area (Å²) >= 11 is 1.60. The van der Waals surface area contributed by atoms with Gasteiger partial charge in [0.15, 0.2) is 18.1 Å². The van der Waals surface area contributed by atoms with E-state index in [1.807, 2.05) is 5.38 Å². The second kappa shape index (κ2) is 9.65. The molecule has 0 bridgehead atoms. The molecule has 0 saturated carbocycles. The quantitative estimate of drug-likeness (QED) is 0.662. The first-order valence-corrected chi connectivity index (χ1v) is 10.3. The Balaban J connectivity index is 1.56. The molecule has 1 heterocycles. The summed E-state index contributed by atoms with van der Waals surface area (Å²) in [6, 6.07) is 3.43. The van der Waals surface area contributed by atoms with E-state index in [1.165, 1.54) is 26.2 Å². The number of carbonyl (C=O) groups excluding carboxylic acids is 2. The predicted molar refractivity (Wildman–Crippen MR) is 109 cm³/mol. The first-order chi connectivity index (χ1) is 14.1. The minimum Gasteiger partial charge on any atom is -0.496 e. The molecule has 1 aromatic heterocycles. The number of hydrogen-bond acceptors (Lipinski definition) is 7. The van der Waals surface area contributed by atoms with Crippen molar-refractivity contribution in [1.29, 1.82) is 0 Å². The van der Waals surface area contributed by atoms with Gasteiger partial charge in [-0.3, -0.25) is 4.79 Å². The number of hydrogen-bond donors (Lipinski definition) is 1. The lowest BCUT2D eigenvalue weighted by atomic mass is 9.96. The van der Waals surface area contributed by atoms with Crippen LogP contribution < -0.4 is 19.5 Å². The summed E-state index contributed by atoms with van der Waals surface area (Å²) in [5.74, 6) is 0.797. The number of carbonyl (C=O) groups is 2. The Kier molecular flexibility index (Phi) is 6.98. The topological polar surface area (TPSA) is 83.1 Å². The van der Waals surface area contributed by atoms with Crippen LogP contribution in [0, 0.1) is 0 Å². The van der Waals surface area contributed by atoms with E-state index in [1.54, 1.807) is 23.5 Å². The second-order valence-electron chi connectivity index (χ2n) is 6.63. The van der Waals surface area contributed by atoms with Gasteiger partial charge < -0.3 is 24.3 Å². The Morgan fingerprint density at radius 2 is 1.69 bits per heavy atom. The Hall–Kier alpha value is -2.74. The van der Waals surface area contributed by atoms with E-state index in [-0.39, 0.29) is 19.1 Å². The number of aryl methyl sites for hydroxylation is 1. The SMILES string of the molecule is COc1cc(OC)c(OC)cc1CNC(=O)COC(=O)c1csc2c1CCCC2. The third-order valence-corrected chi connectivity index (χ3v) is 5.97. The van der Waals surface area contributed by atoms with Gasteiger partial charge in [0, 0.05) is 28.4 Å². The Morgan fingerprint density at radius 3 is 2.41 bits per heavy atom. The molecule has 0 atom stereocenters. The number of methoxy groups -OCH3 is 3. The zero-order valence-electron chi connectivity index (χ0n) is 16.8. The highest BCUT2D eigenvalue weighted by Gasteiger charge is 2.21. The minimum atomic E-state index is -0.441. The van der Waals surface area contributed by atoms with Gasteiger partial charge in [0.25, 0.3) is 5.91 Å². The molecule has 1 amide bonds. The maximum atomic E-state index is 12.4. The summed E-state index contributed by atoms with van der Waals surface area (Å²) in [5, 5.41) is 4.57. The van der Waals surface area contributed by atoms with Crippen LogP contribution in [0.3, 0.4) is 0 Å². The highest BCUT2D eigenvalue weighted by atomic mass is 32.1. The lowest BCUT2D eigenvalue weighted by Gasteiger charge is -2.15. The average molecular weight is 419 g/mol. The fraction of sp³-hybridized carbons (Fsp3) is 0.429. The van der Waals surface area contributed by atoms with E-state index < -0.39 is 5.97 Å². The van der Waals surface area contributed by atoms with Crippen LogP contribution in [-0.4, -0.2) is 39.8 Å². The summed E-state index contributed by atoms with van der Waals surface area (Å²) in [6.07, 6.45) is 4.15. The zero-order valence-corrected chi connectivity index (χ0v) is 17.6. The van der Waals surface area contributed by atoms with Crippen molar-refractivity contribution >= 4 is 23.2 Å². The summed E-state index contributed by atoms with van der Waals surface area (Å²) in [4.78, 5) is 25.8. The third-order valence-electron chi connectivity index (χ3n) is 4.88. The highest BCUT2D eigenvalue weighted by molar-refractivity contribution is 7.10. The van der Waals surface area contributed by atoms with E-state index in [9.17, 15) is 9.59 Å². The molecular weight excluding hydrogens is 394 g/mol. The van der Waals surface area contributed by atoms with Gasteiger partial charge in [0.2, 0.25) is 0 Å². The van der Waals surface area contributed by atoms with Crippen molar-refractivity contribution in [2.75, 3.05) is 27.9 Å². The van der Waals surface area contributed by atoms with Crippen molar-refractivity contribution in [2.45, 2.75) is 32.2 Å². The molecule has 1 N–H and O–H groups in total. The molecule has 0 fully saturated rings. The van der Waals surface area contributed by atoms with E-state index >= 15 is 0 Å². The Bertz CT molecular complexity index is 892. The number of fused-ring (bicyclic) bond motifs is 1. The number of rotatable bonds is 8. The molecule has 0 aliphatic heterocycles. The van der Waals surface area contributed by atoms with Gasteiger partial charge in [0.05, 0.1) is 26.9 Å². The molecule has 1 aliphatic rings. The number of thiophene rings is 1. The van der Waals surface area contributed by atoms with Gasteiger partial charge in [-0.25, -0.2) is 4.79 Å². The van der Waals surface area contributed by atoms with Crippen LogP contribution in [0.25, 0.3) is 0 Å². The molecule has 0 saturated heterocycles. The van der Waals surface area contributed by atoms with Crippen LogP contribution in [0.15, 0.2) is 17.5 Å². The van der Waals surface area contributed by atoms with Crippen molar-refractivity contribution in [3.8, 4) is 17.2 Å². The predicted octanol–water partition coefficient (Wildman–Crippen LogP) is 3.13. The number of benzene rings is 1. The molecule has 0 unspecified atom stereocenters. The van der Waals surface area contributed by atoms with Crippen LogP contribution in [0.4, 0.5) is 0 Å². The molecule has 3 rings (SSSR count). The zero-order chi connectivity index (χ0) is 20.8. The van der Waals surface area contributed by atoms with Crippen molar-refractivity contribution in [2.24, 2.45) is 0 Å². The smallest absolute Gasteiger partial charge is 0.339 e. The monoisotopic (exact) mass is 419 g/mol. The van der Waals surface area contributed by atoms with Crippen LogP contribution in [0.1, 0.15) is 39.2 Å². The van der Waals surface area contributed by atoms with Gasteiger partial charge in [-0.1, -0.05) is 0 Å². The van der Waals surface area contributed by atoms with Crippen molar-refractivity contribution in [1.82, 2.24) is 5.32 Å². The first-order valence-electron chi connectivity index (χ1n) is 9.39. The van der Waals surface area contributed by atoms with Crippen molar-refractivity contribution in [3.63, 3.8) is 0 Å². The van der Waals surface area contributed by atoms with Crippen LogP contribution in [-0.2, 0) is 28.9 Å². The molecule has 29 heavy (non-hydrogen) atoms. The molecule has 1 aliphatic carbocycles. The van der Waals surface area contributed by atoms with Crippen molar-refractivity contribution < 1.29 is 28.5 Å². The summed E-state index contributed by atoms with van der Waals surface area (Å²) in [6.45, 7) is -0.132. The van der Waals surface area contributed by atoms with Gasteiger partial charge in [0.1, 0.15) is 5.75 Å². The van der Waals surface area contributed by atoms with E-state index in [4.69, 9.17) is 18.9 Å². The molecular formula is C21H25NO6S. The van der Waals surface area contributed by atoms with Crippen molar-refractivity contribution in [3.05, 3.63) is 39.1 Å². The molecule has 0 radical (unpaired) electrons. The standard InChI is InChI=1S/C21H25NO6S/c1-25-16-9-18(27-3)17(26-2)8-13(16)10-22-20(23)11-28-21(24)15-12-29-19-7-5-4-6-14(15)19/h8-9,12H,4-7,10-11H2,1-3H3,(H,22,23). The molecule has 8 heteroatoms. The second-order valence-corrected chi connectivity index (χ2v) is 7.59. The molecule has 156 valence electrons. The maximum absolute atomic E-state index is 12.4. The maximum Gasteiger partial charge on any atom is 0.339 e. The molecule has 2 aromatic rings. The average Bonchev–Trinajstić information content (AvgIpc) is 3.19. The lowest BCUT2D eigenvalue weighted by Crippen LogP contribution is -2.28. The number of ether oxygens (including phenoxy) is 4. The third kappa shape index (κ3) is 4.82. The number of esters is 1. The fourth-order valence-electron chi connectivity index (χ4n) is 3.35. The van der Waals surface area contributed by atoms with Gasteiger partial charge in [-0.05, 0) is 37.3 Å². The highest BCUT2D eigenvalue weighted by Crippen LogP contribution is 2.34. The first kappa shape index (κ1) is 21.0. The van der Waals surface area contributed by atoms with Gasteiger partial charge >= 0.3 is 5.97 Å². The van der Waals surface area contributed by atoms with Crippen LogP contribution in [0.5, 0.6) is 17.2 Å². The summed E-state index contributed by atoms with van der Waals surface area (Å²) in [5.41, 5.74) is 2.40. The van der Waals surface area contributed by atoms with Crippen LogP contribution >= 0.6 is 11.3 Å². The van der Waals surface area contributed by atoms with Gasteiger partial charge in [-0.15, -0.1) is 11.3 Å². The Labute approximate surface area is 173 Å². The van der Waals surface area contributed by atoms with E-state index in [0.717, 1.165) is 36.8 Å². The summed E-state index contributed by atoms with van der Waals surface area (Å²) < 4.78 is 21.1. The largest absolute Gasteiger partial charge is 0.496 e. The Morgan fingerprint density at radius 1 is 1.00 bits per heavy atom. The fourth-order valence-corrected chi connectivity index (χ4v) is 4.46. The minimum absolute atomic E-state index is 0.202. The molecule has 7 nitrogen and oxygen atoms in total. The normalized spacial score (nSPS) is 12.7. The number of nitrogens with one attached hydrogen (secondary N) is 1.